The Balaban J connectivity index is 1.96. The SMILES string of the molecule is CCc1cc(CNc2ccc(NC(C)=O)cc2)n(C)n1. The predicted molar refractivity (Wildman–Crippen MR) is 80.7 cm³/mol. The van der Waals surface area contributed by atoms with Crippen LogP contribution in [-0.4, -0.2) is 15.7 Å². The van der Waals surface area contributed by atoms with Gasteiger partial charge in [-0.05, 0) is 36.8 Å². The van der Waals surface area contributed by atoms with Crippen molar-refractivity contribution in [2.75, 3.05) is 10.6 Å². The first-order valence-corrected chi connectivity index (χ1v) is 6.72. The van der Waals surface area contributed by atoms with Gasteiger partial charge in [0.25, 0.3) is 0 Å². The van der Waals surface area contributed by atoms with E-state index in [-0.39, 0.29) is 5.91 Å². The fraction of sp³-hybridized carbons (Fsp3) is 0.333. The van der Waals surface area contributed by atoms with Crippen LogP contribution in [0.25, 0.3) is 0 Å². The summed E-state index contributed by atoms with van der Waals surface area (Å²) in [5.74, 6) is -0.0623. The van der Waals surface area contributed by atoms with E-state index in [9.17, 15) is 4.79 Å². The van der Waals surface area contributed by atoms with Crippen molar-refractivity contribution in [1.82, 2.24) is 9.78 Å². The number of rotatable bonds is 5. The van der Waals surface area contributed by atoms with Crippen LogP contribution in [0.4, 0.5) is 11.4 Å². The van der Waals surface area contributed by atoms with E-state index in [4.69, 9.17) is 0 Å². The summed E-state index contributed by atoms with van der Waals surface area (Å²) in [4.78, 5) is 10.9. The van der Waals surface area contributed by atoms with Crippen molar-refractivity contribution in [3.05, 3.63) is 41.7 Å². The quantitative estimate of drug-likeness (QED) is 0.879. The third-order valence-corrected chi connectivity index (χ3v) is 3.07. The van der Waals surface area contributed by atoms with E-state index in [0.717, 1.165) is 35.7 Å². The maximum absolute atomic E-state index is 10.9. The summed E-state index contributed by atoms with van der Waals surface area (Å²) in [6.45, 7) is 4.32. The second-order valence-electron chi connectivity index (χ2n) is 4.72. The average Bonchev–Trinajstić information content (AvgIpc) is 2.78. The number of hydrogen-bond acceptors (Lipinski definition) is 3. The molecule has 1 amide bonds. The van der Waals surface area contributed by atoms with E-state index in [1.807, 2.05) is 36.0 Å². The minimum Gasteiger partial charge on any atom is -0.379 e. The molecule has 0 atom stereocenters. The minimum atomic E-state index is -0.0623. The molecule has 5 heteroatoms. The molecule has 5 nitrogen and oxygen atoms in total. The summed E-state index contributed by atoms with van der Waals surface area (Å²) in [5, 5.41) is 10.5. The van der Waals surface area contributed by atoms with E-state index in [0.29, 0.717) is 0 Å². The zero-order valence-electron chi connectivity index (χ0n) is 12.1. The van der Waals surface area contributed by atoms with Crippen LogP contribution in [0, 0.1) is 0 Å². The molecule has 0 spiro atoms. The van der Waals surface area contributed by atoms with Crippen LogP contribution in [-0.2, 0) is 24.8 Å². The molecule has 106 valence electrons. The highest BCUT2D eigenvalue weighted by Gasteiger charge is 2.03. The lowest BCUT2D eigenvalue weighted by Gasteiger charge is -2.08. The number of hydrogen-bond donors (Lipinski definition) is 2. The molecule has 1 aromatic heterocycles. The van der Waals surface area contributed by atoms with Gasteiger partial charge in [0.15, 0.2) is 0 Å². The smallest absolute Gasteiger partial charge is 0.221 e. The zero-order valence-corrected chi connectivity index (χ0v) is 12.1. The van der Waals surface area contributed by atoms with Crippen molar-refractivity contribution in [2.45, 2.75) is 26.8 Å². The second kappa shape index (κ2) is 6.23. The van der Waals surface area contributed by atoms with Crippen molar-refractivity contribution in [3.63, 3.8) is 0 Å². The minimum absolute atomic E-state index is 0.0623. The Morgan fingerprint density at radius 2 is 1.90 bits per heavy atom. The van der Waals surface area contributed by atoms with Gasteiger partial charge < -0.3 is 10.6 Å². The number of aromatic nitrogens is 2. The normalized spacial score (nSPS) is 10.3. The number of anilines is 2. The molecule has 1 heterocycles. The molecule has 0 aliphatic carbocycles. The fourth-order valence-electron chi connectivity index (χ4n) is 1.98. The molecule has 0 saturated carbocycles. The molecular formula is C15H20N4O. The third-order valence-electron chi connectivity index (χ3n) is 3.07. The van der Waals surface area contributed by atoms with Gasteiger partial charge in [0.1, 0.15) is 0 Å². The molecule has 2 N–H and O–H groups in total. The average molecular weight is 272 g/mol. The van der Waals surface area contributed by atoms with Crippen LogP contribution in [0.5, 0.6) is 0 Å². The maximum atomic E-state index is 10.9. The second-order valence-corrected chi connectivity index (χ2v) is 4.72. The van der Waals surface area contributed by atoms with Crippen molar-refractivity contribution in [3.8, 4) is 0 Å². The Kier molecular flexibility index (Phi) is 4.40. The topological polar surface area (TPSA) is 58.9 Å². The van der Waals surface area contributed by atoms with Gasteiger partial charge in [0, 0.05) is 25.3 Å². The van der Waals surface area contributed by atoms with Crippen molar-refractivity contribution in [1.29, 1.82) is 0 Å². The Morgan fingerprint density at radius 1 is 1.25 bits per heavy atom. The molecule has 20 heavy (non-hydrogen) atoms. The van der Waals surface area contributed by atoms with Gasteiger partial charge in [-0.2, -0.15) is 5.10 Å². The first kappa shape index (κ1) is 14.1. The van der Waals surface area contributed by atoms with E-state index >= 15 is 0 Å². The number of carbonyl (C=O) groups excluding carboxylic acids is 1. The lowest BCUT2D eigenvalue weighted by molar-refractivity contribution is -0.114. The maximum Gasteiger partial charge on any atom is 0.221 e. The lowest BCUT2D eigenvalue weighted by atomic mass is 10.2. The van der Waals surface area contributed by atoms with Crippen LogP contribution < -0.4 is 10.6 Å². The standard InChI is InChI=1S/C15H20N4O/c1-4-12-9-15(19(3)18-12)10-16-13-5-7-14(8-6-13)17-11(2)20/h5-9,16H,4,10H2,1-3H3,(H,17,20). The molecule has 2 aromatic rings. The molecule has 0 unspecified atom stereocenters. The van der Waals surface area contributed by atoms with Gasteiger partial charge in [-0.15, -0.1) is 0 Å². The van der Waals surface area contributed by atoms with E-state index in [1.165, 1.54) is 6.92 Å². The number of amides is 1. The van der Waals surface area contributed by atoms with Gasteiger partial charge >= 0.3 is 0 Å². The third kappa shape index (κ3) is 3.60. The first-order chi connectivity index (χ1) is 9.58. The first-order valence-electron chi connectivity index (χ1n) is 6.72. The Labute approximate surface area is 119 Å². The van der Waals surface area contributed by atoms with Crippen LogP contribution in [0.15, 0.2) is 30.3 Å². The van der Waals surface area contributed by atoms with Crippen LogP contribution in [0.2, 0.25) is 0 Å². The molecule has 0 aliphatic rings. The van der Waals surface area contributed by atoms with Crippen LogP contribution in [0.3, 0.4) is 0 Å². The number of benzene rings is 1. The molecule has 0 fully saturated rings. The highest BCUT2D eigenvalue weighted by Crippen LogP contribution is 2.14. The molecule has 0 bridgehead atoms. The molecule has 1 aromatic carbocycles. The van der Waals surface area contributed by atoms with Gasteiger partial charge in [-0.25, -0.2) is 0 Å². The van der Waals surface area contributed by atoms with E-state index < -0.39 is 0 Å². The summed E-state index contributed by atoms with van der Waals surface area (Å²) in [6.07, 6.45) is 0.944. The lowest BCUT2D eigenvalue weighted by Crippen LogP contribution is -2.07. The Morgan fingerprint density at radius 3 is 2.45 bits per heavy atom. The van der Waals surface area contributed by atoms with E-state index in [2.05, 4.69) is 28.7 Å². The summed E-state index contributed by atoms with van der Waals surface area (Å²) >= 11 is 0. The summed E-state index contributed by atoms with van der Waals surface area (Å²) in [7, 11) is 1.95. The summed E-state index contributed by atoms with van der Waals surface area (Å²) in [5.41, 5.74) is 4.06. The highest BCUT2D eigenvalue weighted by molar-refractivity contribution is 5.88. The Hall–Kier alpha value is -2.30. The predicted octanol–water partition coefficient (Wildman–Crippen LogP) is 2.55. The molecule has 0 aliphatic heterocycles. The zero-order chi connectivity index (χ0) is 14.5. The van der Waals surface area contributed by atoms with Gasteiger partial charge in [0.2, 0.25) is 5.91 Å². The summed E-state index contributed by atoms with van der Waals surface area (Å²) < 4.78 is 1.90. The monoisotopic (exact) mass is 272 g/mol. The Bertz CT molecular complexity index is 586. The molecule has 0 saturated heterocycles. The van der Waals surface area contributed by atoms with Crippen molar-refractivity contribution in [2.24, 2.45) is 7.05 Å². The van der Waals surface area contributed by atoms with Crippen molar-refractivity contribution >= 4 is 17.3 Å². The molecular weight excluding hydrogens is 252 g/mol. The highest BCUT2D eigenvalue weighted by atomic mass is 16.1. The summed E-state index contributed by atoms with van der Waals surface area (Å²) in [6, 6.07) is 9.76. The van der Waals surface area contributed by atoms with Gasteiger partial charge in [0.05, 0.1) is 17.9 Å². The van der Waals surface area contributed by atoms with Gasteiger partial charge in [-0.3, -0.25) is 9.48 Å². The van der Waals surface area contributed by atoms with Crippen LogP contribution in [0.1, 0.15) is 25.2 Å². The van der Waals surface area contributed by atoms with Crippen molar-refractivity contribution < 1.29 is 4.79 Å². The molecule has 0 radical (unpaired) electrons. The largest absolute Gasteiger partial charge is 0.379 e. The van der Waals surface area contributed by atoms with Gasteiger partial charge in [-0.1, -0.05) is 6.92 Å². The van der Waals surface area contributed by atoms with Crippen LogP contribution >= 0.6 is 0 Å². The van der Waals surface area contributed by atoms with E-state index in [1.54, 1.807) is 0 Å². The molecule has 2 rings (SSSR count). The fourth-order valence-corrected chi connectivity index (χ4v) is 1.98. The number of carbonyl (C=O) groups is 1. The number of nitrogens with zero attached hydrogens (tertiary/aromatic N) is 2. The number of nitrogens with one attached hydrogen (secondary N) is 2. The number of aryl methyl sites for hydroxylation is 2.